The Labute approximate surface area is 178 Å². The van der Waals surface area contributed by atoms with Crippen molar-refractivity contribution in [1.82, 2.24) is 14.5 Å². The van der Waals surface area contributed by atoms with Crippen molar-refractivity contribution in [3.05, 3.63) is 59.7 Å². The molecule has 0 spiro atoms. The predicted molar refractivity (Wildman–Crippen MR) is 117 cm³/mol. The minimum absolute atomic E-state index is 0.0277. The molecule has 8 heteroatoms. The molecule has 0 saturated carbocycles. The van der Waals surface area contributed by atoms with Gasteiger partial charge in [0.15, 0.2) is 0 Å². The first-order valence-electron chi connectivity index (χ1n) is 10.4. The second-order valence-corrected chi connectivity index (χ2v) is 9.64. The van der Waals surface area contributed by atoms with Crippen LogP contribution < -0.4 is 10.0 Å². The number of piperazine rings is 1. The zero-order chi connectivity index (χ0) is 21.0. The average Bonchev–Trinajstić information content (AvgIpc) is 2.75. The molecule has 0 aliphatic carbocycles. The maximum absolute atomic E-state index is 12.7. The number of amides is 1. The first kappa shape index (κ1) is 21.0. The lowest BCUT2D eigenvalue weighted by Gasteiger charge is -2.34. The lowest BCUT2D eigenvalue weighted by Crippen LogP contribution is -2.48. The van der Waals surface area contributed by atoms with Crippen LogP contribution in [0.4, 0.5) is 5.69 Å². The molecular weight excluding hydrogens is 400 g/mol. The Hall–Kier alpha value is -2.26. The number of carbonyl (C=O) groups excluding carboxylic acids is 1. The van der Waals surface area contributed by atoms with Crippen molar-refractivity contribution in [2.24, 2.45) is 0 Å². The van der Waals surface area contributed by atoms with Crippen molar-refractivity contribution in [1.29, 1.82) is 0 Å². The summed E-state index contributed by atoms with van der Waals surface area (Å²) in [4.78, 5) is 16.4. The molecule has 2 aromatic rings. The van der Waals surface area contributed by atoms with E-state index < -0.39 is 10.0 Å². The fraction of sp³-hybridized carbons (Fsp3) is 0.409. The number of hydrogen-bond donors (Lipinski definition) is 2. The van der Waals surface area contributed by atoms with Gasteiger partial charge < -0.3 is 5.32 Å². The van der Waals surface area contributed by atoms with Crippen molar-refractivity contribution < 1.29 is 13.2 Å². The summed E-state index contributed by atoms with van der Waals surface area (Å²) in [5.74, 6) is -0.0277. The summed E-state index contributed by atoms with van der Waals surface area (Å²) in [6.45, 7) is 5.88. The molecule has 160 valence electrons. The number of carbonyl (C=O) groups is 1. The third-order valence-electron chi connectivity index (χ3n) is 5.72. The highest BCUT2D eigenvalue weighted by molar-refractivity contribution is 7.89. The topological polar surface area (TPSA) is 81.8 Å². The van der Waals surface area contributed by atoms with Crippen molar-refractivity contribution >= 4 is 21.6 Å². The molecule has 1 amide bonds. The Morgan fingerprint density at radius 3 is 2.43 bits per heavy atom. The van der Waals surface area contributed by atoms with Crippen molar-refractivity contribution in [2.75, 3.05) is 44.6 Å². The van der Waals surface area contributed by atoms with E-state index in [1.807, 2.05) is 6.07 Å². The highest BCUT2D eigenvalue weighted by atomic mass is 32.2. The highest BCUT2D eigenvalue weighted by Gasteiger charge is 2.21. The van der Waals surface area contributed by atoms with Crippen molar-refractivity contribution in [2.45, 2.75) is 24.3 Å². The molecule has 2 N–H and O–H groups in total. The zero-order valence-electron chi connectivity index (χ0n) is 17.0. The molecule has 2 aliphatic rings. The van der Waals surface area contributed by atoms with Crippen LogP contribution in [0.15, 0.2) is 53.4 Å². The maximum Gasteiger partial charge on any atom is 0.240 e. The van der Waals surface area contributed by atoms with Gasteiger partial charge in [-0.1, -0.05) is 30.3 Å². The summed E-state index contributed by atoms with van der Waals surface area (Å²) >= 11 is 0. The Balaban J connectivity index is 1.24. The smallest absolute Gasteiger partial charge is 0.240 e. The van der Waals surface area contributed by atoms with Crippen LogP contribution in [0.25, 0.3) is 0 Å². The van der Waals surface area contributed by atoms with E-state index in [2.05, 4.69) is 44.1 Å². The largest absolute Gasteiger partial charge is 0.326 e. The number of sulfonamides is 1. The van der Waals surface area contributed by atoms with E-state index in [0.717, 1.165) is 38.3 Å². The number of anilines is 1. The maximum atomic E-state index is 12.7. The van der Waals surface area contributed by atoms with Gasteiger partial charge in [0.25, 0.3) is 0 Å². The monoisotopic (exact) mass is 428 g/mol. The molecule has 1 saturated heterocycles. The molecule has 0 bridgehead atoms. The Morgan fingerprint density at radius 2 is 1.67 bits per heavy atom. The lowest BCUT2D eigenvalue weighted by atomic mass is 10.0. The number of benzene rings is 2. The number of nitrogens with one attached hydrogen (secondary N) is 2. The van der Waals surface area contributed by atoms with Crippen LogP contribution in [0.2, 0.25) is 0 Å². The second-order valence-electron chi connectivity index (χ2n) is 7.87. The van der Waals surface area contributed by atoms with Crippen LogP contribution in [0, 0.1) is 0 Å². The summed E-state index contributed by atoms with van der Waals surface area (Å²) in [5, 5.41) is 2.78. The van der Waals surface area contributed by atoms with Gasteiger partial charge in [0.1, 0.15) is 0 Å². The van der Waals surface area contributed by atoms with E-state index in [1.165, 1.54) is 5.56 Å². The Morgan fingerprint density at radius 1 is 0.933 bits per heavy atom. The number of rotatable bonds is 7. The van der Waals surface area contributed by atoms with Crippen LogP contribution in [-0.2, 0) is 27.8 Å². The van der Waals surface area contributed by atoms with Gasteiger partial charge >= 0.3 is 0 Å². The molecule has 4 rings (SSSR count). The van der Waals surface area contributed by atoms with E-state index in [4.69, 9.17) is 0 Å². The molecule has 30 heavy (non-hydrogen) atoms. The van der Waals surface area contributed by atoms with Crippen LogP contribution >= 0.6 is 0 Å². The van der Waals surface area contributed by atoms with Crippen molar-refractivity contribution in [3.8, 4) is 0 Å². The third kappa shape index (κ3) is 5.26. The Kier molecular flexibility index (Phi) is 6.48. The number of aryl methyl sites for hydroxylation is 1. The Bertz CT molecular complexity index is 987. The first-order valence-corrected chi connectivity index (χ1v) is 11.9. The predicted octanol–water partition coefficient (Wildman–Crippen LogP) is 1.67. The molecule has 0 radical (unpaired) electrons. The van der Waals surface area contributed by atoms with Gasteiger partial charge in [0.2, 0.25) is 15.9 Å². The van der Waals surface area contributed by atoms with E-state index in [9.17, 15) is 13.2 Å². The van der Waals surface area contributed by atoms with Crippen LogP contribution in [0.3, 0.4) is 0 Å². The second kappa shape index (κ2) is 9.26. The van der Waals surface area contributed by atoms with E-state index in [0.29, 0.717) is 31.6 Å². The summed E-state index contributed by atoms with van der Waals surface area (Å²) < 4.78 is 28.0. The molecule has 2 aromatic carbocycles. The first-order chi connectivity index (χ1) is 14.5. The van der Waals surface area contributed by atoms with Gasteiger partial charge in [0.05, 0.1) is 4.90 Å². The molecule has 0 unspecified atom stereocenters. The number of fused-ring (bicyclic) bond motifs is 1. The van der Waals surface area contributed by atoms with E-state index in [-0.39, 0.29) is 10.8 Å². The van der Waals surface area contributed by atoms with E-state index in [1.54, 1.807) is 18.2 Å². The third-order valence-corrected chi connectivity index (χ3v) is 7.18. The van der Waals surface area contributed by atoms with Gasteiger partial charge in [-0.25, -0.2) is 13.1 Å². The number of nitrogens with zero attached hydrogens (tertiary/aromatic N) is 2. The van der Waals surface area contributed by atoms with Gasteiger partial charge in [-0.2, -0.15) is 0 Å². The molecule has 1 fully saturated rings. The summed E-state index contributed by atoms with van der Waals surface area (Å²) in [5.41, 5.74) is 2.90. The summed E-state index contributed by atoms with van der Waals surface area (Å²) in [6, 6.07) is 15.4. The lowest BCUT2D eigenvalue weighted by molar-refractivity contribution is -0.116. The summed E-state index contributed by atoms with van der Waals surface area (Å²) in [6.07, 6.45) is 0.956. The molecule has 2 aliphatic heterocycles. The molecule has 0 atom stereocenters. The van der Waals surface area contributed by atoms with Crippen LogP contribution in [0.5, 0.6) is 0 Å². The van der Waals surface area contributed by atoms with Gasteiger partial charge in [-0.15, -0.1) is 0 Å². The quantitative estimate of drug-likeness (QED) is 0.701. The van der Waals surface area contributed by atoms with Crippen LogP contribution in [0.1, 0.15) is 17.5 Å². The van der Waals surface area contributed by atoms with Gasteiger partial charge in [0, 0.05) is 57.9 Å². The fourth-order valence-electron chi connectivity index (χ4n) is 3.96. The minimum Gasteiger partial charge on any atom is -0.326 e. The zero-order valence-corrected chi connectivity index (χ0v) is 17.8. The minimum atomic E-state index is -3.56. The number of hydrogen-bond acceptors (Lipinski definition) is 5. The fourth-order valence-corrected chi connectivity index (χ4v) is 5.03. The van der Waals surface area contributed by atoms with Crippen molar-refractivity contribution in [3.63, 3.8) is 0 Å². The summed E-state index contributed by atoms with van der Waals surface area (Å²) in [7, 11) is -3.56. The van der Waals surface area contributed by atoms with Gasteiger partial charge in [-0.05, 0) is 35.7 Å². The molecule has 7 nitrogen and oxygen atoms in total. The van der Waals surface area contributed by atoms with Crippen LogP contribution in [-0.4, -0.2) is 63.4 Å². The standard InChI is InChI=1S/C22H28N4O3S/c27-22-9-6-19-16-20(7-8-21(19)24-22)30(28,29)23-10-11-25-12-14-26(15-13-25)17-18-4-2-1-3-5-18/h1-5,7-8,16,23H,6,9-15,17H2,(H,24,27). The highest BCUT2D eigenvalue weighted by Crippen LogP contribution is 2.25. The SMILES string of the molecule is O=C1CCc2cc(S(=O)(=O)NCCN3CCN(Cc4ccccc4)CC3)ccc2N1. The van der Waals surface area contributed by atoms with Gasteiger partial charge in [-0.3, -0.25) is 14.6 Å². The molecule has 0 aromatic heterocycles. The molecule has 2 heterocycles. The average molecular weight is 429 g/mol. The van der Waals surface area contributed by atoms with E-state index >= 15 is 0 Å². The normalized spacial score (nSPS) is 18.1. The molecular formula is C22H28N4O3S.